The molecule has 0 N–H and O–H groups in total. The number of aromatic nitrogens is 2. The third kappa shape index (κ3) is 3.20. The van der Waals surface area contributed by atoms with E-state index in [0.29, 0.717) is 17.0 Å². The van der Waals surface area contributed by atoms with Gasteiger partial charge in [-0.3, -0.25) is 4.79 Å². The van der Waals surface area contributed by atoms with Crippen molar-refractivity contribution in [2.45, 2.75) is 44.8 Å². The lowest BCUT2D eigenvalue weighted by Gasteiger charge is -2.28. The number of rotatable bonds is 5. The van der Waals surface area contributed by atoms with Crippen LogP contribution in [0.2, 0.25) is 0 Å². The van der Waals surface area contributed by atoms with Crippen LogP contribution in [0, 0.1) is 16.7 Å². The molecule has 1 saturated heterocycles. The van der Waals surface area contributed by atoms with E-state index in [4.69, 9.17) is 19.2 Å². The first-order chi connectivity index (χ1) is 12.7. The Morgan fingerprint density at radius 2 is 2.08 bits per heavy atom. The maximum Gasteiger partial charge on any atom is 0.315 e. The summed E-state index contributed by atoms with van der Waals surface area (Å²) in [5.74, 6) is 0.345. The summed E-state index contributed by atoms with van der Waals surface area (Å²) < 4.78 is 16.8. The van der Waals surface area contributed by atoms with Crippen LogP contribution in [-0.2, 0) is 20.9 Å². The van der Waals surface area contributed by atoms with Gasteiger partial charge in [0.1, 0.15) is 0 Å². The molecule has 1 aromatic carbocycles. The monoisotopic (exact) mass is 353 g/mol. The second-order valence-corrected chi connectivity index (χ2v) is 6.78. The van der Waals surface area contributed by atoms with Gasteiger partial charge in [-0.1, -0.05) is 0 Å². The Kier molecular flexibility index (Phi) is 4.43. The topological polar surface area (TPSA) is 98.2 Å². The highest BCUT2D eigenvalue weighted by molar-refractivity contribution is 5.80. The fourth-order valence-corrected chi connectivity index (χ4v) is 3.36. The van der Waals surface area contributed by atoms with Crippen molar-refractivity contribution in [3.8, 4) is 17.5 Å². The molecule has 134 valence electrons. The predicted octanol–water partition coefficient (Wildman–Crippen LogP) is 3.00. The van der Waals surface area contributed by atoms with Crippen LogP contribution in [0.25, 0.3) is 11.5 Å². The quantitative estimate of drug-likeness (QED) is 0.762. The summed E-state index contributed by atoms with van der Waals surface area (Å²) in [5.41, 5.74) is 0.793. The van der Waals surface area contributed by atoms with Gasteiger partial charge in [0.15, 0.2) is 6.61 Å². The second kappa shape index (κ2) is 6.89. The molecule has 1 unspecified atom stereocenters. The zero-order valence-corrected chi connectivity index (χ0v) is 14.3. The number of ether oxygens (including phenoxy) is 2. The van der Waals surface area contributed by atoms with Crippen LogP contribution in [0.1, 0.15) is 43.6 Å². The van der Waals surface area contributed by atoms with Crippen LogP contribution >= 0.6 is 0 Å². The third-order valence-corrected chi connectivity index (χ3v) is 5.05. The number of carbonyl (C=O) groups is 1. The van der Waals surface area contributed by atoms with Crippen LogP contribution in [0.15, 0.2) is 28.7 Å². The SMILES string of the molecule is N#Cc1ccc(-c2nnc(COC(=O)C3(C4CCCCO4)CC3)o2)cc1. The average molecular weight is 353 g/mol. The maximum atomic E-state index is 12.5. The molecule has 1 aliphatic heterocycles. The molecule has 0 radical (unpaired) electrons. The summed E-state index contributed by atoms with van der Waals surface area (Å²) in [6.45, 7) is 0.674. The normalized spacial score (nSPS) is 21.0. The van der Waals surface area contributed by atoms with Gasteiger partial charge in [-0.15, -0.1) is 10.2 Å². The Hall–Kier alpha value is -2.72. The number of esters is 1. The average Bonchev–Trinajstić information content (AvgIpc) is 3.39. The molecule has 2 aliphatic rings. The fraction of sp³-hybridized carbons (Fsp3) is 0.474. The number of nitriles is 1. The Balaban J connectivity index is 1.37. The van der Waals surface area contributed by atoms with E-state index in [1.807, 2.05) is 0 Å². The van der Waals surface area contributed by atoms with Crippen molar-refractivity contribution in [2.75, 3.05) is 6.61 Å². The van der Waals surface area contributed by atoms with Gasteiger partial charge >= 0.3 is 5.97 Å². The van der Waals surface area contributed by atoms with Crippen molar-refractivity contribution in [1.29, 1.82) is 5.26 Å². The second-order valence-electron chi connectivity index (χ2n) is 6.78. The Bertz CT molecular complexity index is 827. The van der Waals surface area contributed by atoms with Crippen LogP contribution < -0.4 is 0 Å². The van der Waals surface area contributed by atoms with Gasteiger partial charge < -0.3 is 13.9 Å². The van der Waals surface area contributed by atoms with Gasteiger partial charge in [-0.2, -0.15) is 5.26 Å². The van der Waals surface area contributed by atoms with Crippen LogP contribution in [-0.4, -0.2) is 28.9 Å². The van der Waals surface area contributed by atoms with Gasteiger partial charge in [-0.05, 0) is 56.4 Å². The number of benzene rings is 1. The minimum Gasteiger partial charge on any atom is -0.455 e. The lowest BCUT2D eigenvalue weighted by Crippen LogP contribution is -2.36. The van der Waals surface area contributed by atoms with Crippen molar-refractivity contribution in [3.05, 3.63) is 35.7 Å². The molecule has 2 aromatic rings. The summed E-state index contributed by atoms with van der Waals surface area (Å²) >= 11 is 0. The van der Waals surface area contributed by atoms with E-state index in [2.05, 4.69) is 16.3 Å². The molecule has 7 nitrogen and oxygen atoms in total. The summed E-state index contributed by atoms with van der Waals surface area (Å²) in [5, 5.41) is 16.7. The minimum atomic E-state index is -0.476. The van der Waals surface area contributed by atoms with E-state index in [1.54, 1.807) is 24.3 Å². The van der Waals surface area contributed by atoms with E-state index in [9.17, 15) is 4.79 Å². The van der Waals surface area contributed by atoms with E-state index in [0.717, 1.165) is 38.7 Å². The van der Waals surface area contributed by atoms with Gasteiger partial charge in [0.05, 0.1) is 23.2 Å². The Labute approximate surface area is 150 Å². The highest BCUT2D eigenvalue weighted by atomic mass is 16.5. The summed E-state index contributed by atoms with van der Waals surface area (Å²) in [6.07, 6.45) is 4.67. The van der Waals surface area contributed by atoms with Crippen LogP contribution in [0.4, 0.5) is 0 Å². The molecule has 1 atom stereocenters. The molecule has 1 aromatic heterocycles. The summed E-state index contributed by atoms with van der Waals surface area (Å²) in [4.78, 5) is 12.5. The largest absolute Gasteiger partial charge is 0.455 e. The predicted molar refractivity (Wildman–Crippen MR) is 89.5 cm³/mol. The van der Waals surface area contributed by atoms with E-state index in [-0.39, 0.29) is 24.6 Å². The zero-order valence-electron chi connectivity index (χ0n) is 14.3. The van der Waals surface area contributed by atoms with Gasteiger partial charge in [0.2, 0.25) is 5.89 Å². The summed E-state index contributed by atoms with van der Waals surface area (Å²) in [7, 11) is 0. The van der Waals surface area contributed by atoms with Gasteiger partial charge in [-0.25, -0.2) is 0 Å². The summed E-state index contributed by atoms with van der Waals surface area (Å²) in [6, 6.07) is 8.89. The van der Waals surface area contributed by atoms with Crippen molar-refractivity contribution in [2.24, 2.45) is 5.41 Å². The first kappa shape index (κ1) is 16.7. The Morgan fingerprint density at radius 3 is 2.73 bits per heavy atom. The molecule has 0 bridgehead atoms. The fourth-order valence-electron chi connectivity index (χ4n) is 3.36. The number of carbonyl (C=O) groups excluding carboxylic acids is 1. The molecule has 2 fully saturated rings. The lowest BCUT2D eigenvalue weighted by atomic mass is 9.93. The van der Waals surface area contributed by atoms with Gasteiger partial charge in [0.25, 0.3) is 5.89 Å². The van der Waals surface area contributed by atoms with Gasteiger partial charge in [0, 0.05) is 12.2 Å². The molecule has 0 amide bonds. The maximum absolute atomic E-state index is 12.5. The first-order valence-corrected chi connectivity index (χ1v) is 8.83. The lowest BCUT2D eigenvalue weighted by molar-refractivity contribution is -0.161. The molecular formula is C19H19N3O4. The van der Waals surface area contributed by atoms with Crippen molar-refractivity contribution >= 4 is 5.97 Å². The number of hydrogen-bond acceptors (Lipinski definition) is 7. The third-order valence-electron chi connectivity index (χ3n) is 5.05. The molecule has 1 saturated carbocycles. The van der Waals surface area contributed by atoms with E-state index < -0.39 is 5.41 Å². The highest BCUT2D eigenvalue weighted by Gasteiger charge is 2.58. The van der Waals surface area contributed by atoms with Crippen LogP contribution in [0.5, 0.6) is 0 Å². The molecule has 2 heterocycles. The van der Waals surface area contributed by atoms with Crippen LogP contribution in [0.3, 0.4) is 0 Å². The molecule has 26 heavy (non-hydrogen) atoms. The Morgan fingerprint density at radius 1 is 1.27 bits per heavy atom. The van der Waals surface area contributed by atoms with E-state index in [1.165, 1.54) is 0 Å². The van der Waals surface area contributed by atoms with Crippen molar-refractivity contribution in [3.63, 3.8) is 0 Å². The van der Waals surface area contributed by atoms with Crippen molar-refractivity contribution < 1.29 is 18.7 Å². The molecule has 7 heteroatoms. The van der Waals surface area contributed by atoms with Crippen molar-refractivity contribution in [1.82, 2.24) is 10.2 Å². The molecule has 0 spiro atoms. The number of hydrogen-bond donors (Lipinski definition) is 0. The molecule has 1 aliphatic carbocycles. The first-order valence-electron chi connectivity index (χ1n) is 8.83. The zero-order chi connectivity index (χ0) is 18.0. The minimum absolute atomic E-state index is 0.0272. The molecule has 4 rings (SSSR count). The number of nitrogens with zero attached hydrogens (tertiary/aromatic N) is 3. The molecular weight excluding hydrogens is 334 g/mol. The smallest absolute Gasteiger partial charge is 0.315 e. The highest BCUT2D eigenvalue weighted by Crippen LogP contribution is 2.53. The standard InChI is InChI=1S/C19H19N3O4/c20-11-13-4-6-14(7-5-13)17-22-21-16(26-17)12-25-18(23)19(8-9-19)15-3-1-2-10-24-15/h4-7,15H,1-3,8-10,12H2. The van der Waals surface area contributed by atoms with E-state index >= 15 is 0 Å².